The minimum Gasteiger partial charge on any atom is -0.406 e. The second-order valence-electron chi connectivity index (χ2n) is 10.5. The quantitative estimate of drug-likeness (QED) is 0.148. The molecule has 2 fully saturated rings. The van der Waals surface area contributed by atoms with E-state index in [0.29, 0.717) is 27.8 Å². The molecular formula is C35H22F6N2O6S2. The number of rotatable bonds is 6. The maximum absolute atomic E-state index is 12.6. The zero-order valence-electron chi connectivity index (χ0n) is 25.8. The standard InChI is InChI=1S/C18H12F3NO3S.C17H10F3NO3S/c1-10(15-16(23)22-17(24)26-15)11-5-4-6-12(9-11)13-7-2-3-8-14(13)25-18(19,20)21;18-17(19,20)24-13-6-4-11(5-7-13)12-3-1-2-10(8-12)9-14-15(22)21-16(23)25-14/h2-9H,1H3,(H,22,23,24);1-9H,(H,21,22,23)/b15-10-;14-9-. The SMILES string of the molecule is C/C(=C1/SC(=O)NC1=O)c1cccc(-c2ccccc2OC(F)(F)F)c1.O=C1NC(=O)/C(=C/c2cccc(-c3ccc(OC(F)(F)F)cc3)c2)S1. The monoisotopic (exact) mass is 744 g/mol. The molecule has 4 amide bonds. The number of amides is 4. The summed E-state index contributed by atoms with van der Waals surface area (Å²) in [6.45, 7) is 1.68. The van der Waals surface area contributed by atoms with Gasteiger partial charge >= 0.3 is 12.7 Å². The lowest BCUT2D eigenvalue weighted by atomic mass is 9.99. The predicted octanol–water partition coefficient (Wildman–Crippen LogP) is 9.54. The number of alkyl halides is 6. The van der Waals surface area contributed by atoms with Crippen LogP contribution in [0.4, 0.5) is 35.9 Å². The lowest BCUT2D eigenvalue weighted by Gasteiger charge is -2.14. The fraction of sp³-hybridized carbons (Fsp3) is 0.0857. The number of benzene rings is 4. The van der Waals surface area contributed by atoms with Crippen molar-refractivity contribution in [3.8, 4) is 33.8 Å². The van der Waals surface area contributed by atoms with Crippen LogP contribution in [0.25, 0.3) is 33.9 Å². The minimum atomic E-state index is -4.80. The van der Waals surface area contributed by atoms with Crippen LogP contribution in [-0.2, 0) is 9.59 Å². The van der Waals surface area contributed by atoms with Gasteiger partial charge in [-0.15, -0.1) is 26.3 Å². The Hall–Kier alpha value is -5.48. The van der Waals surface area contributed by atoms with E-state index in [2.05, 4.69) is 20.1 Å². The second-order valence-corrected chi connectivity index (χ2v) is 12.5. The Morgan fingerprint density at radius 1 is 0.647 bits per heavy atom. The van der Waals surface area contributed by atoms with Crippen molar-refractivity contribution in [2.75, 3.05) is 0 Å². The van der Waals surface area contributed by atoms with E-state index < -0.39 is 35.0 Å². The molecule has 2 aliphatic heterocycles. The number of imide groups is 2. The summed E-state index contributed by atoms with van der Waals surface area (Å²) < 4.78 is 82.3. The third kappa shape index (κ3) is 10.0. The molecule has 0 bridgehead atoms. The molecule has 0 aromatic heterocycles. The van der Waals surface area contributed by atoms with Crippen LogP contribution < -0.4 is 20.1 Å². The Morgan fingerprint density at radius 3 is 1.90 bits per heavy atom. The van der Waals surface area contributed by atoms with E-state index in [1.807, 2.05) is 0 Å². The summed E-state index contributed by atoms with van der Waals surface area (Å²) in [4.78, 5) is 46.4. The maximum atomic E-state index is 12.6. The Kier molecular flexibility index (Phi) is 11.0. The highest BCUT2D eigenvalue weighted by atomic mass is 32.2. The molecule has 0 aliphatic carbocycles. The zero-order valence-corrected chi connectivity index (χ0v) is 27.5. The number of hydrogen-bond acceptors (Lipinski definition) is 8. The first kappa shape index (κ1) is 36.8. The van der Waals surface area contributed by atoms with Crippen molar-refractivity contribution < 1.29 is 55.0 Å². The number of nitrogens with one attached hydrogen (secondary N) is 2. The fourth-order valence-electron chi connectivity index (χ4n) is 4.76. The average molecular weight is 745 g/mol. The first-order valence-electron chi connectivity index (χ1n) is 14.5. The number of thioether (sulfide) groups is 2. The number of halogens is 6. The van der Waals surface area contributed by atoms with Crippen LogP contribution in [0.15, 0.2) is 107 Å². The van der Waals surface area contributed by atoms with Crippen molar-refractivity contribution >= 4 is 57.5 Å². The van der Waals surface area contributed by atoms with Crippen LogP contribution in [0.5, 0.6) is 11.5 Å². The van der Waals surface area contributed by atoms with E-state index in [0.717, 1.165) is 29.1 Å². The van der Waals surface area contributed by atoms with E-state index in [1.54, 1.807) is 67.6 Å². The van der Waals surface area contributed by atoms with Gasteiger partial charge in [-0.25, -0.2) is 0 Å². The van der Waals surface area contributed by atoms with Crippen molar-refractivity contribution in [1.82, 2.24) is 10.6 Å². The maximum Gasteiger partial charge on any atom is 0.573 e. The molecule has 0 atom stereocenters. The van der Waals surface area contributed by atoms with Crippen LogP contribution in [0, 0.1) is 0 Å². The summed E-state index contributed by atoms with van der Waals surface area (Å²) in [6.07, 6.45) is -7.95. The molecule has 2 heterocycles. The molecular weight excluding hydrogens is 723 g/mol. The highest BCUT2D eigenvalue weighted by Crippen LogP contribution is 2.37. The van der Waals surface area contributed by atoms with Gasteiger partial charge in [0.1, 0.15) is 11.5 Å². The topological polar surface area (TPSA) is 111 Å². The van der Waals surface area contributed by atoms with Crippen LogP contribution in [0.1, 0.15) is 18.1 Å². The molecule has 262 valence electrons. The number of para-hydroxylation sites is 1. The summed E-state index contributed by atoms with van der Waals surface area (Å²) in [5.41, 5.74) is 4.09. The third-order valence-corrected chi connectivity index (χ3v) is 8.72. The van der Waals surface area contributed by atoms with E-state index in [4.69, 9.17) is 0 Å². The molecule has 6 rings (SSSR count). The minimum absolute atomic E-state index is 0.268. The molecule has 2 N–H and O–H groups in total. The van der Waals surface area contributed by atoms with Gasteiger partial charge in [0.25, 0.3) is 22.3 Å². The van der Waals surface area contributed by atoms with Gasteiger partial charge in [0.2, 0.25) is 0 Å². The Balaban J connectivity index is 0.000000198. The molecule has 51 heavy (non-hydrogen) atoms. The highest BCUT2D eigenvalue weighted by Gasteiger charge is 2.33. The predicted molar refractivity (Wildman–Crippen MR) is 180 cm³/mol. The van der Waals surface area contributed by atoms with Gasteiger partial charge in [-0.3, -0.25) is 29.8 Å². The van der Waals surface area contributed by atoms with E-state index in [9.17, 15) is 45.5 Å². The Morgan fingerprint density at radius 2 is 1.27 bits per heavy atom. The van der Waals surface area contributed by atoms with Crippen molar-refractivity contribution in [2.45, 2.75) is 19.6 Å². The molecule has 4 aromatic rings. The Bertz CT molecular complexity index is 2080. The van der Waals surface area contributed by atoms with E-state index in [1.165, 1.54) is 42.5 Å². The normalized spacial score (nSPS) is 16.3. The van der Waals surface area contributed by atoms with Gasteiger partial charge < -0.3 is 9.47 Å². The van der Waals surface area contributed by atoms with Crippen molar-refractivity contribution in [2.24, 2.45) is 0 Å². The summed E-state index contributed by atoms with van der Waals surface area (Å²) in [7, 11) is 0. The molecule has 0 spiro atoms. The number of allylic oxidation sites excluding steroid dienone is 1. The molecule has 16 heteroatoms. The van der Waals surface area contributed by atoms with E-state index in [-0.39, 0.29) is 26.9 Å². The summed E-state index contributed by atoms with van der Waals surface area (Å²) in [5, 5.41) is 3.47. The van der Waals surface area contributed by atoms with Crippen LogP contribution in [-0.4, -0.2) is 35.0 Å². The second kappa shape index (κ2) is 15.2. The van der Waals surface area contributed by atoms with Crippen molar-refractivity contribution in [3.63, 3.8) is 0 Å². The van der Waals surface area contributed by atoms with Gasteiger partial charge in [0.15, 0.2) is 0 Å². The largest absolute Gasteiger partial charge is 0.573 e. The van der Waals surface area contributed by atoms with Gasteiger partial charge in [-0.2, -0.15) is 0 Å². The van der Waals surface area contributed by atoms with Gasteiger partial charge in [-0.1, -0.05) is 66.7 Å². The first-order chi connectivity index (χ1) is 24.0. The lowest BCUT2D eigenvalue weighted by Crippen LogP contribution is -2.18. The van der Waals surface area contributed by atoms with Crippen molar-refractivity contribution in [1.29, 1.82) is 0 Å². The number of carbonyl (C=O) groups excluding carboxylic acids is 4. The number of hydrogen-bond donors (Lipinski definition) is 2. The summed E-state index contributed by atoms with van der Waals surface area (Å²) >= 11 is 1.61. The van der Waals surface area contributed by atoms with Crippen LogP contribution in [0.3, 0.4) is 0 Å². The molecule has 0 radical (unpaired) electrons. The molecule has 4 aromatic carbocycles. The zero-order chi connectivity index (χ0) is 36.9. The first-order valence-corrected chi connectivity index (χ1v) is 16.1. The number of ether oxygens (including phenoxy) is 2. The summed E-state index contributed by atoms with van der Waals surface area (Å²) in [6, 6.07) is 25.0. The highest BCUT2D eigenvalue weighted by molar-refractivity contribution is 8.18. The molecule has 2 aliphatic rings. The molecule has 2 saturated heterocycles. The van der Waals surface area contributed by atoms with Crippen LogP contribution in [0.2, 0.25) is 0 Å². The lowest BCUT2D eigenvalue weighted by molar-refractivity contribution is -0.275. The smallest absolute Gasteiger partial charge is 0.406 e. The van der Waals surface area contributed by atoms with E-state index >= 15 is 0 Å². The fourth-order valence-corrected chi connectivity index (χ4v) is 6.19. The van der Waals surface area contributed by atoms with Crippen molar-refractivity contribution in [3.05, 3.63) is 118 Å². The van der Waals surface area contributed by atoms with Crippen LogP contribution >= 0.6 is 23.5 Å². The molecule has 0 saturated carbocycles. The molecule has 8 nitrogen and oxygen atoms in total. The molecule has 0 unspecified atom stereocenters. The number of carbonyl (C=O) groups is 4. The Labute approximate surface area is 293 Å². The summed E-state index contributed by atoms with van der Waals surface area (Å²) in [5.74, 6) is -1.55. The average Bonchev–Trinajstić information content (AvgIpc) is 3.57. The van der Waals surface area contributed by atoms with Gasteiger partial charge in [0, 0.05) is 5.56 Å². The van der Waals surface area contributed by atoms with Gasteiger partial charge in [0.05, 0.1) is 9.81 Å². The van der Waals surface area contributed by atoms with Gasteiger partial charge in [-0.05, 0) is 100 Å². The third-order valence-electron chi connectivity index (χ3n) is 6.92.